The first-order chi connectivity index (χ1) is 11.3. The number of nitrogens with one attached hydrogen (secondary N) is 1. The average Bonchev–Trinajstić information content (AvgIpc) is 3.14. The van der Waals surface area contributed by atoms with Crippen LogP contribution in [-0.2, 0) is 5.75 Å². The van der Waals surface area contributed by atoms with Crippen LogP contribution in [0.2, 0.25) is 0 Å². The van der Waals surface area contributed by atoms with Crippen molar-refractivity contribution in [2.24, 2.45) is 0 Å². The van der Waals surface area contributed by atoms with E-state index < -0.39 is 0 Å². The first-order valence-corrected chi connectivity index (χ1v) is 8.23. The number of aliphatic hydroxyl groups is 1. The van der Waals surface area contributed by atoms with Crippen molar-refractivity contribution in [1.82, 2.24) is 9.97 Å². The van der Waals surface area contributed by atoms with E-state index in [1.165, 1.54) is 5.56 Å². The fourth-order valence-electron chi connectivity index (χ4n) is 2.09. The third kappa shape index (κ3) is 4.34. The lowest BCUT2D eigenvalue weighted by atomic mass is 10.2. The summed E-state index contributed by atoms with van der Waals surface area (Å²) < 4.78 is 5.32. The molecule has 0 aliphatic rings. The lowest BCUT2D eigenvalue weighted by Crippen LogP contribution is -2.15. The molecule has 1 aromatic carbocycles. The Morgan fingerprint density at radius 2 is 2.00 bits per heavy atom. The molecule has 0 spiro atoms. The Kier molecular flexibility index (Phi) is 5.29. The van der Waals surface area contributed by atoms with Crippen LogP contribution in [0, 0.1) is 0 Å². The summed E-state index contributed by atoms with van der Waals surface area (Å²) in [6, 6.07) is 13.5. The second-order valence-corrected chi connectivity index (χ2v) is 5.91. The van der Waals surface area contributed by atoms with Gasteiger partial charge in [-0.25, -0.2) is 4.98 Å². The Morgan fingerprint density at radius 1 is 1.13 bits per heavy atom. The maximum absolute atomic E-state index is 9.50. The highest BCUT2D eigenvalue weighted by Crippen LogP contribution is 2.23. The average molecular weight is 327 g/mol. The van der Waals surface area contributed by atoms with Crippen LogP contribution in [0.5, 0.6) is 0 Å². The topological polar surface area (TPSA) is 71.2 Å². The van der Waals surface area contributed by atoms with Crippen LogP contribution in [0.15, 0.2) is 70.6 Å². The molecular weight excluding hydrogens is 310 g/mol. The van der Waals surface area contributed by atoms with Gasteiger partial charge in [0.2, 0.25) is 0 Å². The van der Waals surface area contributed by atoms with Gasteiger partial charge in [0, 0.05) is 5.75 Å². The summed E-state index contributed by atoms with van der Waals surface area (Å²) in [5.74, 6) is 2.11. The predicted molar refractivity (Wildman–Crippen MR) is 90.2 cm³/mol. The highest BCUT2D eigenvalue weighted by atomic mass is 32.2. The number of hydrogen-bond acceptors (Lipinski definition) is 6. The van der Waals surface area contributed by atoms with Gasteiger partial charge in [-0.15, -0.1) is 11.8 Å². The molecule has 2 aromatic heterocycles. The third-order valence-corrected chi connectivity index (χ3v) is 4.20. The summed E-state index contributed by atoms with van der Waals surface area (Å²) in [4.78, 5) is 8.73. The highest BCUT2D eigenvalue weighted by Gasteiger charge is 2.14. The van der Waals surface area contributed by atoms with Crippen molar-refractivity contribution in [2.45, 2.75) is 16.8 Å². The van der Waals surface area contributed by atoms with Gasteiger partial charge in [-0.1, -0.05) is 30.3 Å². The molecule has 6 heteroatoms. The van der Waals surface area contributed by atoms with Gasteiger partial charge in [-0.05, 0) is 17.7 Å². The van der Waals surface area contributed by atoms with E-state index in [0.717, 1.165) is 10.8 Å². The van der Waals surface area contributed by atoms with Crippen LogP contribution in [0.3, 0.4) is 0 Å². The fraction of sp³-hybridized carbons (Fsp3) is 0.176. The molecule has 0 bridgehead atoms. The van der Waals surface area contributed by atoms with Crippen LogP contribution >= 0.6 is 11.8 Å². The fourth-order valence-corrected chi connectivity index (χ4v) is 2.90. The second kappa shape index (κ2) is 7.80. The number of benzene rings is 1. The molecule has 0 radical (unpaired) electrons. The number of anilines is 1. The maximum atomic E-state index is 9.50. The minimum absolute atomic E-state index is 0.0867. The Hall–Kier alpha value is -2.31. The van der Waals surface area contributed by atoms with E-state index in [4.69, 9.17) is 4.42 Å². The predicted octanol–water partition coefficient (Wildman–Crippen LogP) is 3.51. The molecule has 0 amide bonds. The zero-order valence-corrected chi connectivity index (χ0v) is 13.2. The normalized spacial score (nSPS) is 12.0. The molecule has 0 fully saturated rings. The van der Waals surface area contributed by atoms with Crippen LogP contribution in [-0.4, -0.2) is 21.7 Å². The quantitative estimate of drug-likeness (QED) is 0.647. The number of hydrogen-bond donors (Lipinski definition) is 2. The molecule has 5 nitrogen and oxygen atoms in total. The van der Waals surface area contributed by atoms with Gasteiger partial charge in [-0.3, -0.25) is 4.98 Å². The van der Waals surface area contributed by atoms with E-state index in [0.29, 0.717) is 11.6 Å². The molecule has 3 aromatic rings. The summed E-state index contributed by atoms with van der Waals surface area (Å²) in [6.45, 7) is -0.0867. The van der Waals surface area contributed by atoms with Gasteiger partial charge in [-0.2, -0.15) is 0 Å². The summed E-state index contributed by atoms with van der Waals surface area (Å²) in [5.41, 5.74) is 1.24. The van der Waals surface area contributed by atoms with Gasteiger partial charge < -0.3 is 14.8 Å². The van der Waals surface area contributed by atoms with Crippen molar-refractivity contribution in [2.75, 3.05) is 11.9 Å². The second-order valence-electron chi connectivity index (χ2n) is 4.91. The number of aliphatic hydroxyl groups excluding tert-OH is 1. The standard InChI is InChI=1S/C17H17N3O2S/c21-11-14(15-7-4-8-22-15)19-16-9-18-10-17(20-16)23-12-13-5-2-1-3-6-13/h1-10,14,21H,11-12H2,(H,19,20)/t14-/m0/s1. The first-order valence-electron chi connectivity index (χ1n) is 7.24. The number of thioether (sulfide) groups is 1. The zero-order valence-electron chi connectivity index (χ0n) is 12.4. The van der Waals surface area contributed by atoms with E-state index in [-0.39, 0.29) is 12.6 Å². The van der Waals surface area contributed by atoms with Gasteiger partial charge in [0.05, 0.1) is 25.3 Å². The van der Waals surface area contributed by atoms with E-state index in [2.05, 4.69) is 27.4 Å². The van der Waals surface area contributed by atoms with E-state index >= 15 is 0 Å². The van der Waals surface area contributed by atoms with E-state index in [1.54, 1.807) is 36.5 Å². The molecule has 2 heterocycles. The maximum Gasteiger partial charge on any atom is 0.146 e. The minimum atomic E-state index is -0.339. The monoisotopic (exact) mass is 327 g/mol. The Labute approximate surface area is 138 Å². The largest absolute Gasteiger partial charge is 0.467 e. The smallest absolute Gasteiger partial charge is 0.146 e. The highest BCUT2D eigenvalue weighted by molar-refractivity contribution is 7.98. The molecule has 0 aliphatic carbocycles. The number of furan rings is 1. The molecule has 2 N–H and O–H groups in total. The molecule has 0 aliphatic heterocycles. The van der Waals surface area contributed by atoms with Gasteiger partial charge in [0.15, 0.2) is 0 Å². The molecular formula is C17H17N3O2S. The van der Waals surface area contributed by atoms with Crippen molar-refractivity contribution >= 4 is 17.6 Å². The molecule has 3 rings (SSSR count). The van der Waals surface area contributed by atoms with Crippen LogP contribution in [0.1, 0.15) is 17.4 Å². The van der Waals surface area contributed by atoms with Crippen LogP contribution in [0.25, 0.3) is 0 Å². The summed E-state index contributed by atoms with van der Waals surface area (Å²) >= 11 is 1.62. The van der Waals surface area contributed by atoms with Crippen molar-refractivity contribution in [3.05, 3.63) is 72.4 Å². The molecule has 0 saturated carbocycles. The number of rotatable bonds is 7. The Bertz CT molecular complexity index is 720. The molecule has 23 heavy (non-hydrogen) atoms. The van der Waals surface area contributed by atoms with Gasteiger partial charge in [0.25, 0.3) is 0 Å². The third-order valence-electron chi connectivity index (χ3n) is 3.23. The lowest BCUT2D eigenvalue weighted by Gasteiger charge is -2.14. The molecule has 118 valence electrons. The number of aromatic nitrogens is 2. The number of nitrogens with zero attached hydrogens (tertiary/aromatic N) is 2. The molecule has 0 unspecified atom stereocenters. The minimum Gasteiger partial charge on any atom is -0.467 e. The van der Waals surface area contributed by atoms with Crippen molar-refractivity contribution in [3.63, 3.8) is 0 Å². The van der Waals surface area contributed by atoms with E-state index in [1.807, 2.05) is 24.3 Å². The summed E-state index contributed by atoms with van der Waals surface area (Å²) in [5, 5.41) is 13.5. The van der Waals surface area contributed by atoms with Gasteiger partial charge in [0.1, 0.15) is 22.6 Å². The van der Waals surface area contributed by atoms with E-state index in [9.17, 15) is 5.11 Å². The summed E-state index contributed by atoms with van der Waals surface area (Å²) in [7, 11) is 0. The van der Waals surface area contributed by atoms with Crippen molar-refractivity contribution < 1.29 is 9.52 Å². The molecule has 0 saturated heterocycles. The Balaban J connectivity index is 1.65. The van der Waals surface area contributed by atoms with Crippen LogP contribution in [0.4, 0.5) is 5.82 Å². The molecule has 1 atom stereocenters. The van der Waals surface area contributed by atoms with Crippen LogP contribution < -0.4 is 5.32 Å². The van der Waals surface area contributed by atoms with Crippen molar-refractivity contribution in [3.8, 4) is 0 Å². The van der Waals surface area contributed by atoms with Gasteiger partial charge >= 0.3 is 0 Å². The first kappa shape index (κ1) is 15.6. The summed E-state index contributed by atoms with van der Waals surface area (Å²) in [6.07, 6.45) is 4.95. The lowest BCUT2D eigenvalue weighted by molar-refractivity contribution is 0.261. The zero-order chi connectivity index (χ0) is 15.9. The Morgan fingerprint density at radius 3 is 2.74 bits per heavy atom. The SMILES string of the molecule is OC[C@H](Nc1cncc(SCc2ccccc2)n1)c1ccco1. The van der Waals surface area contributed by atoms with Crippen molar-refractivity contribution in [1.29, 1.82) is 0 Å².